The van der Waals surface area contributed by atoms with E-state index in [0.717, 1.165) is 5.36 Å². The van der Waals surface area contributed by atoms with E-state index < -0.39 is 0 Å². The Morgan fingerprint density at radius 2 is 2.20 bits per heavy atom. The zero-order valence-corrected chi connectivity index (χ0v) is 9.16. The second-order valence-corrected chi connectivity index (χ2v) is 4.47. The van der Waals surface area contributed by atoms with Gasteiger partial charge in [-0.05, 0) is 23.6 Å². The van der Waals surface area contributed by atoms with Crippen LogP contribution in [0.15, 0.2) is 41.0 Å². The summed E-state index contributed by atoms with van der Waals surface area (Å²) >= 11 is 1.76. The number of rotatable bonds is 0. The Morgan fingerprint density at radius 1 is 1.27 bits per heavy atom. The smallest absolute Gasteiger partial charge is 0.0994 e. The first-order valence-electron chi connectivity index (χ1n) is 4.81. The van der Waals surface area contributed by atoms with E-state index >= 15 is 0 Å². The molecule has 0 aliphatic carbocycles. The molecule has 0 saturated carbocycles. The molecule has 15 heavy (non-hydrogen) atoms. The van der Waals surface area contributed by atoms with Crippen LogP contribution in [0.2, 0.25) is 0 Å². The fourth-order valence-electron chi connectivity index (χ4n) is 1.75. The van der Waals surface area contributed by atoms with Crippen LogP contribution in [0.5, 0.6) is 0 Å². The number of allylic oxidation sites excluding steroid dienone is 1. The molecule has 0 N–H and O–H groups in total. The number of hydrogen-bond acceptors (Lipinski definition) is 3. The van der Waals surface area contributed by atoms with Gasteiger partial charge in [0.2, 0.25) is 0 Å². The topological polar surface area (TPSA) is 15.6 Å². The van der Waals surface area contributed by atoms with Gasteiger partial charge in [-0.2, -0.15) is 5.10 Å². The second kappa shape index (κ2) is 3.21. The highest BCUT2D eigenvalue weighted by Gasteiger charge is 2.00. The summed E-state index contributed by atoms with van der Waals surface area (Å²) < 4.78 is 1.29. The van der Waals surface area contributed by atoms with Crippen molar-refractivity contribution in [2.75, 3.05) is 7.05 Å². The highest BCUT2D eigenvalue weighted by molar-refractivity contribution is 7.17. The van der Waals surface area contributed by atoms with Crippen molar-refractivity contribution in [3.8, 4) is 0 Å². The van der Waals surface area contributed by atoms with E-state index in [1.165, 1.54) is 15.3 Å². The summed E-state index contributed by atoms with van der Waals surface area (Å²) in [4.78, 5) is 0. The van der Waals surface area contributed by atoms with E-state index in [0.29, 0.717) is 0 Å². The van der Waals surface area contributed by atoms with E-state index in [1.54, 1.807) is 11.3 Å². The molecule has 0 spiro atoms. The van der Waals surface area contributed by atoms with Crippen LogP contribution in [0.3, 0.4) is 0 Å². The van der Waals surface area contributed by atoms with Gasteiger partial charge in [-0.15, -0.1) is 11.3 Å². The molecule has 3 rings (SSSR count). The van der Waals surface area contributed by atoms with Crippen LogP contribution in [0.4, 0.5) is 0 Å². The predicted molar refractivity (Wildman–Crippen MR) is 64.0 cm³/mol. The number of benzene rings is 1. The van der Waals surface area contributed by atoms with Gasteiger partial charge >= 0.3 is 0 Å². The van der Waals surface area contributed by atoms with Crippen LogP contribution in [-0.4, -0.2) is 12.1 Å². The van der Waals surface area contributed by atoms with Crippen molar-refractivity contribution in [3.05, 3.63) is 46.4 Å². The van der Waals surface area contributed by atoms with Gasteiger partial charge in [-0.1, -0.05) is 12.1 Å². The Labute approximate surface area is 91.5 Å². The first kappa shape index (κ1) is 8.68. The molecule has 0 atom stereocenters. The highest BCUT2D eigenvalue weighted by atomic mass is 32.1. The molecule has 74 valence electrons. The van der Waals surface area contributed by atoms with Gasteiger partial charge in [-0.3, -0.25) is 5.01 Å². The highest BCUT2D eigenvalue weighted by Crippen LogP contribution is 2.15. The van der Waals surface area contributed by atoms with Crippen molar-refractivity contribution >= 4 is 27.5 Å². The van der Waals surface area contributed by atoms with Crippen LogP contribution in [0, 0.1) is 0 Å². The molecule has 2 heterocycles. The summed E-state index contributed by atoms with van der Waals surface area (Å²) in [6, 6.07) is 6.42. The minimum absolute atomic E-state index is 1.07. The van der Waals surface area contributed by atoms with Gasteiger partial charge in [0.05, 0.1) is 5.36 Å². The summed E-state index contributed by atoms with van der Waals surface area (Å²) in [5.74, 6) is 0. The lowest BCUT2D eigenvalue weighted by Gasteiger charge is -2.03. The summed E-state index contributed by atoms with van der Waals surface area (Å²) in [6.07, 6.45) is 6.07. The lowest BCUT2D eigenvalue weighted by atomic mass is 10.2. The maximum Gasteiger partial charge on any atom is 0.0994 e. The van der Waals surface area contributed by atoms with Crippen LogP contribution in [-0.2, 0) is 0 Å². The first-order valence-corrected chi connectivity index (χ1v) is 5.69. The maximum atomic E-state index is 4.56. The molecule has 0 fully saturated rings. The third-order valence-electron chi connectivity index (χ3n) is 2.47. The molecule has 3 heteroatoms. The van der Waals surface area contributed by atoms with Crippen LogP contribution < -0.4 is 10.6 Å². The Bertz CT molecular complexity index is 652. The number of thiophene rings is 1. The van der Waals surface area contributed by atoms with Gasteiger partial charge < -0.3 is 0 Å². The number of fused-ring (bicyclic) bond motifs is 3. The van der Waals surface area contributed by atoms with Crippen molar-refractivity contribution in [2.45, 2.75) is 0 Å². The van der Waals surface area contributed by atoms with Crippen LogP contribution in [0.25, 0.3) is 16.2 Å². The van der Waals surface area contributed by atoms with Gasteiger partial charge in [-0.25, -0.2) is 0 Å². The molecule has 1 aromatic carbocycles. The third kappa shape index (κ3) is 1.36. The Balaban J connectivity index is 2.54. The Kier molecular flexibility index (Phi) is 1.86. The number of nitrogens with zero attached hydrogens (tertiary/aromatic N) is 2. The normalized spacial score (nSPS) is 14.3. The Morgan fingerprint density at radius 3 is 3.13 bits per heavy atom. The average molecular weight is 214 g/mol. The van der Waals surface area contributed by atoms with Crippen LogP contribution >= 0.6 is 11.3 Å². The van der Waals surface area contributed by atoms with Crippen molar-refractivity contribution in [2.24, 2.45) is 5.10 Å². The van der Waals surface area contributed by atoms with E-state index in [9.17, 15) is 0 Å². The molecule has 0 amide bonds. The molecule has 0 unspecified atom stereocenters. The molecule has 1 aliphatic heterocycles. The molecule has 2 aromatic rings. The quantitative estimate of drug-likeness (QED) is 0.651. The number of hydrogen-bond donors (Lipinski definition) is 0. The first-order chi connectivity index (χ1) is 7.34. The van der Waals surface area contributed by atoms with Crippen molar-refractivity contribution in [3.63, 3.8) is 0 Å². The fourth-order valence-corrected chi connectivity index (χ4v) is 2.54. The minimum Gasteiger partial charge on any atom is -0.275 e. The SMILES string of the molecule is CN1C=CC=c2ccc3sccc3c2=N1. The molecule has 0 bridgehead atoms. The molecule has 2 nitrogen and oxygen atoms in total. The van der Waals surface area contributed by atoms with Crippen molar-refractivity contribution < 1.29 is 0 Å². The largest absolute Gasteiger partial charge is 0.275 e. The van der Waals surface area contributed by atoms with Gasteiger partial charge in [0.15, 0.2) is 0 Å². The van der Waals surface area contributed by atoms with E-state index in [-0.39, 0.29) is 0 Å². The summed E-state index contributed by atoms with van der Waals surface area (Å²) in [7, 11) is 1.95. The summed E-state index contributed by atoms with van der Waals surface area (Å²) in [5, 5.41) is 12.0. The van der Waals surface area contributed by atoms with Gasteiger partial charge in [0.1, 0.15) is 0 Å². The standard InChI is InChI=1S/C12H10N2S/c1-14-7-2-3-9-4-5-11-10(6-8-15-11)12(9)13-14/h2-8H,1H3. The van der Waals surface area contributed by atoms with E-state index in [2.05, 4.69) is 34.8 Å². The van der Waals surface area contributed by atoms with E-state index in [1.807, 2.05) is 24.3 Å². The lowest BCUT2D eigenvalue weighted by molar-refractivity contribution is 0.474. The molecule has 1 aromatic heterocycles. The van der Waals surface area contributed by atoms with Crippen molar-refractivity contribution in [1.29, 1.82) is 0 Å². The third-order valence-corrected chi connectivity index (χ3v) is 3.36. The lowest BCUT2D eigenvalue weighted by Crippen LogP contribution is -2.26. The van der Waals surface area contributed by atoms with Crippen LogP contribution in [0.1, 0.15) is 0 Å². The molecule has 0 saturated heterocycles. The second-order valence-electron chi connectivity index (χ2n) is 3.52. The van der Waals surface area contributed by atoms with Gasteiger partial charge in [0, 0.05) is 28.6 Å². The minimum atomic E-state index is 1.07. The summed E-state index contributed by atoms with van der Waals surface area (Å²) in [5.41, 5.74) is 0. The Hall–Kier alpha value is -1.61. The summed E-state index contributed by atoms with van der Waals surface area (Å²) in [6.45, 7) is 0. The molecule has 1 aliphatic rings. The maximum absolute atomic E-state index is 4.56. The van der Waals surface area contributed by atoms with Crippen molar-refractivity contribution in [1.82, 2.24) is 5.01 Å². The average Bonchev–Trinajstić information content (AvgIpc) is 2.61. The molecular weight excluding hydrogens is 204 g/mol. The molecular formula is C12H10N2S. The fraction of sp³-hybridized carbons (Fsp3) is 0.0833. The zero-order chi connectivity index (χ0) is 10.3. The predicted octanol–water partition coefficient (Wildman–Crippen LogP) is 1.68. The van der Waals surface area contributed by atoms with Gasteiger partial charge in [0.25, 0.3) is 0 Å². The zero-order valence-electron chi connectivity index (χ0n) is 8.34. The molecule has 0 radical (unpaired) electrons. The van der Waals surface area contributed by atoms with E-state index in [4.69, 9.17) is 0 Å². The monoisotopic (exact) mass is 214 g/mol.